The van der Waals surface area contributed by atoms with Crippen LogP contribution in [0.4, 0.5) is 0 Å². The van der Waals surface area contributed by atoms with Crippen molar-refractivity contribution >= 4 is 21.5 Å². The van der Waals surface area contributed by atoms with Crippen LogP contribution in [0.2, 0.25) is 0 Å². The summed E-state index contributed by atoms with van der Waals surface area (Å²) in [5.41, 5.74) is 8.29. The number of hydrogen-bond acceptors (Lipinski definition) is 0. The lowest BCUT2D eigenvalue weighted by Gasteiger charge is -2.27. The molecular formula is C36H38. The van der Waals surface area contributed by atoms with Gasteiger partial charge in [0.1, 0.15) is 0 Å². The predicted octanol–water partition coefficient (Wildman–Crippen LogP) is 10.7. The van der Waals surface area contributed by atoms with Crippen LogP contribution in [0.5, 0.6) is 0 Å². The van der Waals surface area contributed by atoms with Gasteiger partial charge >= 0.3 is 0 Å². The fraction of sp³-hybridized carbons (Fsp3) is 0.278. The molecular weight excluding hydrogens is 432 g/mol. The van der Waals surface area contributed by atoms with E-state index >= 15 is 0 Å². The summed E-state index contributed by atoms with van der Waals surface area (Å²) in [6.45, 7) is 14.0. The van der Waals surface area contributed by atoms with Crippen LogP contribution in [0.15, 0.2) is 97.1 Å². The van der Waals surface area contributed by atoms with Gasteiger partial charge in [-0.15, -0.1) is 0 Å². The zero-order chi connectivity index (χ0) is 25.5. The molecule has 0 aromatic heterocycles. The van der Waals surface area contributed by atoms with E-state index in [2.05, 4.69) is 139 Å². The Bertz CT molecular complexity index is 1400. The Morgan fingerprint density at radius 1 is 0.444 bits per heavy atom. The summed E-state index contributed by atoms with van der Waals surface area (Å²) in [4.78, 5) is 0. The summed E-state index contributed by atoms with van der Waals surface area (Å²) < 4.78 is 0. The topological polar surface area (TPSA) is 0 Å². The summed E-state index contributed by atoms with van der Waals surface area (Å²) in [5, 5.41) is 5.34. The van der Waals surface area contributed by atoms with Crippen LogP contribution in [-0.2, 0) is 10.8 Å². The second-order valence-corrected chi connectivity index (χ2v) is 11.5. The highest BCUT2D eigenvalue weighted by molar-refractivity contribution is 6.21. The molecule has 0 radical (unpaired) electrons. The maximum Gasteiger partial charge on any atom is -0.00263 e. The third-order valence-corrected chi connectivity index (χ3v) is 8.57. The number of benzene rings is 5. The van der Waals surface area contributed by atoms with Crippen LogP contribution >= 0.6 is 0 Å². The van der Waals surface area contributed by atoms with Gasteiger partial charge in [-0.25, -0.2) is 0 Å². The lowest BCUT2D eigenvalue weighted by Crippen LogP contribution is -2.15. The van der Waals surface area contributed by atoms with E-state index < -0.39 is 0 Å². The fourth-order valence-corrected chi connectivity index (χ4v) is 5.31. The van der Waals surface area contributed by atoms with Gasteiger partial charge in [-0.1, -0.05) is 126 Å². The van der Waals surface area contributed by atoms with Crippen molar-refractivity contribution < 1.29 is 0 Å². The molecule has 0 heteroatoms. The Balaban J connectivity index is 2.00. The maximum atomic E-state index is 2.47. The highest BCUT2D eigenvalue weighted by Gasteiger charge is 2.24. The van der Waals surface area contributed by atoms with Gasteiger partial charge in [0.05, 0.1) is 0 Å². The second kappa shape index (κ2) is 9.25. The van der Waals surface area contributed by atoms with Crippen molar-refractivity contribution in [3.63, 3.8) is 0 Å². The first-order valence-corrected chi connectivity index (χ1v) is 13.4. The zero-order valence-corrected chi connectivity index (χ0v) is 22.7. The number of rotatable bonds is 6. The van der Waals surface area contributed by atoms with E-state index in [1.165, 1.54) is 54.9 Å². The van der Waals surface area contributed by atoms with Crippen molar-refractivity contribution in [1.29, 1.82) is 0 Å². The number of fused-ring (bicyclic) bond motifs is 2. The molecule has 36 heavy (non-hydrogen) atoms. The van der Waals surface area contributed by atoms with Gasteiger partial charge in [-0.2, -0.15) is 0 Å². The molecule has 0 amide bonds. The predicted molar refractivity (Wildman–Crippen MR) is 159 cm³/mol. The van der Waals surface area contributed by atoms with Crippen LogP contribution in [-0.4, -0.2) is 0 Å². The standard InChI is InChI=1S/C36H38/c1-7-35(3,4)27-19-21-29-31(23-27)33(25-15-11-9-12-16-25)30-22-20-28(36(5,6)8-2)24-32(30)34(29)26-17-13-10-14-18-26/h9-24H,7-8H2,1-6H3. The van der Waals surface area contributed by atoms with Crippen LogP contribution in [0, 0.1) is 0 Å². The van der Waals surface area contributed by atoms with E-state index in [1.807, 2.05) is 0 Å². The molecule has 5 aromatic rings. The molecule has 0 nitrogen and oxygen atoms in total. The van der Waals surface area contributed by atoms with Gasteiger partial charge in [0.2, 0.25) is 0 Å². The molecule has 0 aliphatic carbocycles. The van der Waals surface area contributed by atoms with Gasteiger partial charge in [0.15, 0.2) is 0 Å². The van der Waals surface area contributed by atoms with Crippen molar-refractivity contribution in [3.05, 3.63) is 108 Å². The molecule has 5 aromatic carbocycles. The van der Waals surface area contributed by atoms with Gasteiger partial charge in [-0.05, 0) is 90.7 Å². The van der Waals surface area contributed by atoms with Crippen molar-refractivity contribution in [2.75, 3.05) is 0 Å². The molecule has 0 saturated heterocycles. The van der Waals surface area contributed by atoms with E-state index in [9.17, 15) is 0 Å². The van der Waals surface area contributed by atoms with Crippen LogP contribution < -0.4 is 0 Å². The normalized spacial score (nSPS) is 12.4. The molecule has 0 bridgehead atoms. The zero-order valence-electron chi connectivity index (χ0n) is 22.7. The quantitative estimate of drug-likeness (QED) is 0.216. The van der Waals surface area contributed by atoms with Gasteiger partial charge in [-0.3, -0.25) is 0 Å². The molecule has 0 atom stereocenters. The van der Waals surface area contributed by atoms with Gasteiger partial charge in [0.25, 0.3) is 0 Å². The third kappa shape index (κ3) is 4.13. The molecule has 5 rings (SSSR count). The van der Waals surface area contributed by atoms with Crippen molar-refractivity contribution in [1.82, 2.24) is 0 Å². The molecule has 182 valence electrons. The van der Waals surface area contributed by atoms with Crippen LogP contribution in [0.25, 0.3) is 43.8 Å². The third-order valence-electron chi connectivity index (χ3n) is 8.57. The molecule has 0 aliphatic heterocycles. The Morgan fingerprint density at radius 3 is 1.14 bits per heavy atom. The summed E-state index contributed by atoms with van der Waals surface area (Å²) >= 11 is 0. The van der Waals surface area contributed by atoms with Gasteiger partial charge < -0.3 is 0 Å². The van der Waals surface area contributed by atoms with E-state index in [0.29, 0.717) is 0 Å². The van der Waals surface area contributed by atoms with E-state index in [1.54, 1.807) is 0 Å². The first-order chi connectivity index (χ1) is 17.3. The van der Waals surface area contributed by atoms with Crippen LogP contribution in [0.1, 0.15) is 65.5 Å². The Kier molecular flexibility index (Phi) is 6.25. The Hall–Kier alpha value is -3.38. The van der Waals surface area contributed by atoms with E-state index in [4.69, 9.17) is 0 Å². The van der Waals surface area contributed by atoms with E-state index in [0.717, 1.165) is 12.8 Å². The SMILES string of the molecule is CCC(C)(C)c1ccc2c(-c3ccccc3)c3cc(C(C)(C)CC)ccc3c(-c3ccccc3)c2c1. The molecule has 0 fully saturated rings. The summed E-state index contributed by atoms with van der Waals surface area (Å²) in [5.74, 6) is 0. The summed E-state index contributed by atoms with van der Waals surface area (Å²) in [7, 11) is 0. The molecule has 0 N–H and O–H groups in total. The summed E-state index contributed by atoms with van der Waals surface area (Å²) in [6, 6.07) is 36.3. The molecule has 0 spiro atoms. The molecule has 0 heterocycles. The molecule has 0 unspecified atom stereocenters. The smallest absolute Gasteiger partial charge is 0.00263 e. The van der Waals surface area contributed by atoms with E-state index in [-0.39, 0.29) is 10.8 Å². The van der Waals surface area contributed by atoms with Crippen molar-refractivity contribution in [2.45, 2.75) is 65.2 Å². The lowest BCUT2D eigenvalue weighted by atomic mass is 9.77. The number of hydrogen-bond donors (Lipinski definition) is 0. The average molecular weight is 471 g/mol. The first kappa shape index (κ1) is 24.3. The Labute approximate surface area is 217 Å². The van der Waals surface area contributed by atoms with Crippen LogP contribution in [0.3, 0.4) is 0 Å². The monoisotopic (exact) mass is 470 g/mol. The van der Waals surface area contributed by atoms with Crippen molar-refractivity contribution in [2.24, 2.45) is 0 Å². The average Bonchev–Trinajstić information content (AvgIpc) is 2.91. The minimum atomic E-state index is 0.124. The minimum Gasteiger partial charge on any atom is -0.0646 e. The lowest BCUT2D eigenvalue weighted by molar-refractivity contribution is 0.506. The minimum absolute atomic E-state index is 0.124. The fourth-order valence-electron chi connectivity index (χ4n) is 5.31. The first-order valence-electron chi connectivity index (χ1n) is 13.4. The Morgan fingerprint density at radius 2 is 0.806 bits per heavy atom. The van der Waals surface area contributed by atoms with Gasteiger partial charge in [0, 0.05) is 0 Å². The summed E-state index contributed by atoms with van der Waals surface area (Å²) in [6.07, 6.45) is 2.21. The highest BCUT2D eigenvalue weighted by atomic mass is 14.3. The molecule has 0 saturated carbocycles. The maximum absolute atomic E-state index is 2.47. The highest BCUT2D eigenvalue weighted by Crippen LogP contribution is 2.46. The molecule has 0 aliphatic rings. The van der Waals surface area contributed by atoms with Crippen molar-refractivity contribution in [3.8, 4) is 22.3 Å². The largest absolute Gasteiger partial charge is 0.0646 e. The second-order valence-electron chi connectivity index (χ2n) is 11.5.